The minimum atomic E-state index is 0.212. The van der Waals surface area contributed by atoms with Gasteiger partial charge in [-0.25, -0.2) is 0 Å². The van der Waals surface area contributed by atoms with Crippen molar-refractivity contribution in [2.24, 2.45) is 12.8 Å². The lowest BCUT2D eigenvalue weighted by molar-refractivity contribution is 0.639. The van der Waals surface area contributed by atoms with Crippen LogP contribution >= 0.6 is 11.8 Å². The topological polar surface area (TPSA) is 56.7 Å². The zero-order chi connectivity index (χ0) is 9.68. The van der Waals surface area contributed by atoms with Crippen molar-refractivity contribution in [2.45, 2.75) is 18.9 Å². The lowest BCUT2D eigenvalue weighted by Gasteiger charge is -2.07. The molecule has 0 bridgehead atoms. The Kier molecular flexibility index (Phi) is 4.24. The Labute approximate surface area is 82.9 Å². The molecule has 13 heavy (non-hydrogen) atoms. The monoisotopic (exact) mass is 200 g/mol. The molecule has 0 radical (unpaired) electrons. The molecule has 1 aromatic heterocycles. The van der Waals surface area contributed by atoms with Gasteiger partial charge in [0.2, 0.25) is 0 Å². The molecule has 1 rings (SSSR count). The zero-order valence-corrected chi connectivity index (χ0v) is 8.92. The summed E-state index contributed by atoms with van der Waals surface area (Å²) in [5.41, 5.74) is 6.89. The van der Waals surface area contributed by atoms with E-state index in [2.05, 4.69) is 16.6 Å². The molecule has 4 nitrogen and oxygen atoms in total. The Morgan fingerprint density at radius 3 is 3.00 bits per heavy atom. The van der Waals surface area contributed by atoms with Gasteiger partial charge in [0.1, 0.15) is 0 Å². The smallest absolute Gasteiger partial charge is 0.0842 e. The Bertz CT molecular complexity index is 248. The van der Waals surface area contributed by atoms with Gasteiger partial charge in [-0.2, -0.15) is 11.8 Å². The summed E-state index contributed by atoms with van der Waals surface area (Å²) < 4.78 is 1.70. The summed E-state index contributed by atoms with van der Waals surface area (Å²) in [5.74, 6) is 1.11. The maximum absolute atomic E-state index is 5.91. The molecule has 5 heteroatoms. The molecule has 0 aromatic carbocycles. The van der Waals surface area contributed by atoms with E-state index in [1.54, 1.807) is 4.68 Å². The van der Waals surface area contributed by atoms with E-state index in [0.717, 1.165) is 24.3 Å². The van der Waals surface area contributed by atoms with Crippen molar-refractivity contribution >= 4 is 11.8 Å². The van der Waals surface area contributed by atoms with Crippen LogP contribution in [-0.4, -0.2) is 33.0 Å². The minimum absolute atomic E-state index is 0.212. The second-order valence-corrected chi connectivity index (χ2v) is 4.11. The van der Waals surface area contributed by atoms with Crippen LogP contribution in [0.4, 0.5) is 0 Å². The first kappa shape index (κ1) is 10.5. The van der Waals surface area contributed by atoms with Crippen molar-refractivity contribution < 1.29 is 0 Å². The van der Waals surface area contributed by atoms with E-state index in [4.69, 9.17) is 5.73 Å². The molecule has 0 saturated carbocycles. The van der Waals surface area contributed by atoms with Crippen LogP contribution in [0.25, 0.3) is 0 Å². The van der Waals surface area contributed by atoms with Crippen molar-refractivity contribution in [3.05, 3.63) is 11.9 Å². The van der Waals surface area contributed by atoms with Gasteiger partial charge >= 0.3 is 0 Å². The number of aryl methyl sites for hydroxylation is 1. The highest BCUT2D eigenvalue weighted by molar-refractivity contribution is 7.98. The quantitative estimate of drug-likeness (QED) is 0.749. The third-order valence-electron chi connectivity index (χ3n) is 1.81. The van der Waals surface area contributed by atoms with Crippen molar-refractivity contribution in [1.82, 2.24) is 15.0 Å². The molecular formula is C8H16N4S. The summed E-state index contributed by atoms with van der Waals surface area (Å²) in [6, 6.07) is 0.212. The van der Waals surface area contributed by atoms with Crippen LogP contribution in [0.5, 0.6) is 0 Å². The highest BCUT2D eigenvalue weighted by Gasteiger charge is 2.06. The zero-order valence-electron chi connectivity index (χ0n) is 8.10. The van der Waals surface area contributed by atoms with E-state index in [1.165, 1.54) is 0 Å². The van der Waals surface area contributed by atoms with Gasteiger partial charge in [-0.3, -0.25) is 4.68 Å². The first-order valence-corrected chi connectivity index (χ1v) is 5.71. The predicted octanol–water partition coefficient (Wildman–Crippen LogP) is 0.438. The van der Waals surface area contributed by atoms with Gasteiger partial charge in [0.15, 0.2) is 0 Å². The Morgan fingerprint density at radius 1 is 1.69 bits per heavy atom. The summed E-state index contributed by atoms with van der Waals surface area (Å²) in [6.45, 7) is 0. The van der Waals surface area contributed by atoms with Crippen LogP contribution in [0.15, 0.2) is 6.20 Å². The van der Waals surface area contributed by atoms with Gasteiger partial charge in [0, 0.05) is 25.7 Å². The van der Waals surface area contributed by atoms with Crippen LogP contribution in [0.1, 0.15) is 12.1 Å². The van der Waals surface area contributed by atoms with Gasteiger partial charge in [-0.15, -0.1) is 5.10 Å². The summed E-state index contributed by atoms with van der Waals surface area (Å²) in [4.78, 5) is 0. The van der Waals surface area contributed by atoms with Crippen molar-refractivity contribution in [3.63, 3.8) is 0 Å². The summed E-state index contributed by atoms with van der Waals surface area (Å²) in [6.07, 6.45) is 5.88. The largest absolute Gasteiger partial charge is 0.327 e. The average molecular weight is 200 g/mol. The maximum atomic E-state index is 5.91. The number of aromatic nitrogens is 3. The number of thioether (sulfide) groups is 1. The second-order valence-electron chi connectivity index (χ2n) is 3.13. The van der Waals surface area contributed by atoms with Gasteiger partial charge in [-0.05, 0) is 18.4 Å². The van der Waals surface area contributed by atoms with Crippen LogP contribution in [0, 0.1) is 0 Å². The van der Waals surface area contributed by atoms with Gasteiger partial charge in [0.05, 0.1) is 5.69 Å². The number of hydrogen-bond acceptors (Lipinski definition) is 4. The van der Waals surface area contributed by atoms with Gasteiger partial charge in [0.25, 0.3) is 0 Å². The standard InChI is InChI=1S/C8H16N4S/c1-12-6-8(10-11-12)5-7(9)3-4-13-2/h6-7H,3-5,9H2,1-2H3. The van der Waals surface area contributed by atoms with E-state index >= 15 is 0 Å². The third kappa shape index (κ3) is 3.78. The summed E-state index contributed by atoms with van der Waals surface area (Å²) >= 11 is 1.82. The molecule has 74 valence electrons. The maximum Gasteiger partial charge on any atom is 0.0842 e. The minimum Gasteiger partial charge on any atom is -0.327 e. The first-order chi connectivity index (χ1) is 6.22. The molecule has 0 aliphatic carbocycles. The third-order valence-corrected chi connectivity index (χ3v) is 2.46. The molecule has 1 unspecified atom stereocenters. The van der Waals surface area contributed by atoms with Crippen LogP contribution in [0.3, 0.4) is 0 Å². The van der Waals surface area contributed by atoms with E-state index in [9.17, 15) is 0 Å². The molecule has 0 spiro atoms. The van der Waals surface area contributed by atoms with Crippen molar-refractivity contribution in [2.75, 3.05) is 12.0 Å². The fourth-order valence-electron chi connectivity index (χ4n) is 1.13. The molecule has 1 atom stereocenters. The molecular weight excluding hydrogens is 184 g/mol. The number of nitrogens with two attached hydrogens (primary N) is 1. The van der Waals surface area contributed by atoms with Crippen LogP contribution < -0.4 is 5.73 Å². The molecule has 0 aliphatic heterocycles. The lowest BCUT2D eigenvalue weighted by Crippen LogP contribution is -2.23. The normalized spacial score (nSPS) is 13.2. The second kappa shape index (κ2) is 5.24. The van der Waals surface area contributed by atoms with Crippen molar-refractivity contribution in [3.8, 4) is 0 Å². The number of nitrogens with zero attached hydrogens (tertiary/aromatic N) is 3. The van der Waals surface area contributed by atoms with E-state index in [-0.39, 0.29) is 6.04 Å². The van der Waals surface area contributed by atoms with Crippen LogP contribution in [0.2, 0.25) is 0 Å². The van der Waals surface area contributed by atoms with Crippen molar-refractivity contribution in [1.29, 1.82) is 0 Å². The van der Waals surface area contributed by atoms with E-state index < -0.39 is 0 Å². The summed E-state index contributed by atoms with van der Waals surface area (Å²) in [7, 11) is 1.86. The highest BCUT2D eigenvalue weighted by atomic mass is 32.2. The molecule has 1 heterocycles. The highest BCUT2D eigenvalue weighted by Crippen LogP contribution is 2.03. The predicted molar refractivity (Wildman–Crippen MR) is 55.7 cm³/mol. The Balaban J connectivity index is 2.31. The van der Waals surface area contributed by atoms with Gasteiger partial charge in [-0.1, -0.05) is 5.21 Å². The number of rotatable bonds is 5. The molecule has 0 amide bonds. The average Bonchev–Trinajstić information content (AvgIpc) is 2.48. The molecule has 0 saturated heterocycles. The van der Waals surface area contributed by atoms with Gasteiger partial charge < -0.3 is 5.73 Å². The van der Waals surface area contributed by atoms with E-state index in [1.807, 2.05) is 25.0 Å². The number of hydrogen-bond donors (Lipinski definition) is 1. The SMILES string of the molecule is CSCCC(N)Cc1cn(C)nn1. The molecule has 0 fully saturated rings. The molecule has 0 aliphatic rings. The summed E-state index contributed by atoms with van der Waals surface area (Å²) in [5, 5.41) is 7.85. The fraction of sp³-hybridized carbons (Fsp3) is 0.750. The molecule has 1 aromatic rings. The van der Waals surface area contributed by atoms with Crippen LogP contribution in [-0.2, 0) is 13.5 Å². The lowest BCUT2D eigenvalue weighted by atomic mass is 10.1. The first-order valence-electron chi connectivity index (χ1n) is 4.32. The van der Waals surface area contributed by atoms with E-state index in [0.29, 0.717) is 0 Å². The molecule has 2 N–H and O–H groups in total. The Hall–Kier alpha value is -0.550. The fourth-order valence-corrected chi connectivity index (χ4v) is 1.67. The Morgan fingerprint density at radius 2 is 2.46 bits per heavy atom.